The number of nitrogens with one attached hydrogen (secondary N) is 1. The van der Waals surface area contributed by atoms with Crippen molar-refractivity contribution in [1.29, 1.82) is 0 Å². The van der Waals surface area contributed by atoms with E-state index in [1.807, 2.05) is 19.1 Å². The summed E-state index contributed by atoms with van der Waals surface area (Å²) >= 11 is 12.1. The number of rotatable bonds is 4. The highest BCUT2D eigenvalue weighted by molar-refractivity contribution is 6.35. The van der Waals surface area contributed by atoms with Gasteiger partial charge < -0.3 is 19.4 Å². The van der Waals surface area contributed by atoms with Crippen LogP contribution >= 0.6 is 23.2 Å². The van der Waals surface area contributed by atoms with Crippen molar-refractivity contribution in [2.24, 2.45) is 0 Å². The molecule has 3 heterocycles. The number of benzene rings is 2. The second kappa shape index (κ2) is 7.46. The van der Waals surface area contributed by atoms with Crippen LogP contribution in [0.5, 0.6) is 5.75 Å². The van der Waals surface area contributed by atoms with Crippen molar-refractivity contribution >= 4 is 46.0 Å². The van der Waals surface area contributed by atoms with Gasteiger partial charge in [-0.3, -0.25) is 9.59 Å². The Kier molecular flexibility index (Phi) is 4.87. The molecule has 1 N–H and O–H groups in total. The summed E-state index contributed by atoms with van der Waals surface area (Å²) in [6, 6.07) is 10.7. The van der Waals surface area contributed by atoms with Gasteiger partial charge in [-0.1, -0.05) is 29.3 Å². The van der Waals surface area contributed by atoms with E-state index in [0.717, 1.165) is 22.9 Å². The molecule has 8 heteroatoms. The fourth-order valence-corrected chi connectivity index (χ4v) is 4.74. The Morgan fingerprint density at radius 2 is 2.03 bits per heavy atom. The Morgan fingerprint density at radius 3 is 2.74 bits per heavy atom. The van der Waals surface area contributed by atoms with E-state index in [1.54, 1.807) is 29.2 Å². The lowest BCUT2D eigenvalue weighted by atomic mass is 9.88. The van der Waals surface area contributed by atoms with Gasteiger partial charge in [0.25, 0.3) is 5.91 Å². The van der Waals surface area contributed by atoms with E-state index in [-0.39, 0.29) is 17.4 Å². The minimum Gasteiger partial charge on any atom is -0.489 e. The van der Waals surface area contributed by atoms with Gasteiger partial charge in [0.05, 0.1) is 5.54 Å². The van der Waals surface area contributed by atoms with Gasteiger partial charge in [0, 0.05) is 46.1 Å². The lowest BCUT2D eigenvalue weighted by Gasteiger charge is -2.47. The predicted molar refractivity (Wildman–Crippen MR) is 118 cm³/mol. The Morgan fingerprint density at radius 1 is 1.23 bits per heavy atom. The molecule has 0 saturated carbocycles. The molecule has 2 fully saturated rings. The van der Waals surface area contributed by atoms with Crippen LogP contribution in [0.3, 0.4) is 0 Å². The Labute approximate surface area is 189 Å². The average molecular weight is 459 g/mol. The van der Waals surface area contributed by atoms with Crippen molar-refractivity contribution in [1.82, 2.24) is 10.2 Å². The van der Waals surface area contributed by atoms with Gasteiger partial charge in [-0.25, -0.2) is 0 Å². The van der Waals surface area contributed by atoms with Crippen LogP contribution in [0, 0.1) is 6.92 Å². The second-order valence-corrected chi connectivity index (χ2v) is 9.07. The van der Waals surface area contributed by atoms with E-state index in [1.165, 1.54) is 0 Å². The molecule has 2 aromatic carbocycles. The van der Waals surface area contributed by atoms with E-state index < -0.39 is 0 Å². The SMILES string of the molecule is Cc1c(C(=O)N2CC3(CCC(=O)N3)C2)oc2ccc(OCc3ccc(Cl)cc3Cl)cc12. The third-order valence-corrected chi connectivity index (χ3v) is 6.61. The topological polar surface area (TPSA) is 71.8 Å². The Balaban J connectivity index is 1.32. The van der Waals surface area contributed by atoms with Crippen LogP contribution in [-0.2, 0) is 11.4 Å². The zero-order valence-corrected chi connectivity index (χ0v) is 18.3. The molecule has 0 aliphatic carbocycles. The quantitative estimate of drug-likeness (QED) is 0.613. The molecule has 5 rings (SSSR count). The number of carbonyl (C=O) groups excluding carboxylic acids is 2. The van der Waals surface area contributed by atoms with Crippen LogP contribution < -0.4 is 10.1 Å². The normalized spacial score (nSPS) is 17.1. The van der Waals surface area contributed by atoms with Crippen molar-refractivity contribution in [3.63, 3.8) is 0 Å². The van der Waals surface area contributed by atoms with Gasteiger partial charge in [0.15, 0.2) is 5.76 Å². The predicted octanol–water partition coefficient (Wildman–Crippen LogP) is 4.73. The van der Waals surface area contributed by atoms with Crippen molar-refractivity contribution in [3.05, 3.63) is 63.3 Å². The Hall–Kier alpha value is -2.70. The minimum absolute atomic E-state index is 0.0550. The number of fused-ring (bicyclic) bond motifs is 1. The summed E-state index contributed by atoms with van der Waals surface area (Å²) < 4.78 is 11.8. The fraction of sp³-hybridized carbons (Fsp3) is 0.304. The molecular formula is C23H20Cl2N2O4. The van der Waals surface area contributed by atoms with Crippen LogP contribution in [0.25, 0.3) is 11.0 Å². The van der Waals surface area contributed by atoms with Crippen molar-refractivity contribution in [2.45, 2.75) is 31.9 Å². The third kappa shape index (κ3) is 3.64. The van der Waals surface area contributed by atoms with Crippen LogP contribution in [0.15, 0.2) is 40.8 Å². The second-order valence-electron chi connectivity index (χ2n) is 8.23. The number of furan rings is 1. The van der Waals surface area contributed by atoms with E-state index in [4.69, 9.17) is 32.4 Å². The number of carbonyl (C=O) groups is 2. The number of nitrogens with zero attached hydrogens (tertiary/aromatic N) is 1. The van der Waals surface area contributed by atoms with E-state index in [9.17, 15) is 9.59 Å². The van der Waals surface area contributed by atoms with Crippen molar-refractivity contribution in [3.8, 4) is 5.75 Å². The summed E-state index contributed by atoms with van der Waals surface area (Å²) in [6.07, 6.45) is 1.29. The molecule has 3 aromatic rings. The molecule has 0 radical (unpaired) electrons. The first-order chi connectivity index (χ1) is 14.8. The molecule has 6 nitrogen and oxygen atoms in total. The number of hydrogen-bond acceptors (Lipinski definition) is 4. The molecular weight excluding hydrogens is 439 g/mol. The molecule has 0 unspecified atom stereocenters. The molecule has 2 saturated heterocycles. The molecule has 2 amide bonds. The van der Waals surface area contributed by atoms with Gasteiger partial charge in [0.1, 0.15) is 17.9 Å². The van der Waals surface area contributed by atoms with E-state index >= 15 is 0 Å². The summed E-state index contributed by atoms with van der Waals surface area (Å²) in [6.45, 7) is 3.20. The third-order valence-electron chi connectivity index (χ3n) is 6.02. The maximum Gasteiger partial charge on any atom is 0.290 e. The maximum atomic E-state index is 13.0. The lowest BCUT2D eigenvalue weighted by molar-refractivity contribution is -0.120. The summed E-state index contributed by atoms with van der Waals surface area (Å²) in [5.74, 6) is 0.875. The van der Waals surface area contributed by atoms with Crippen LogP contribution in [-0.4, -0.2) is 35.3 Å². The zero-order valence-electron chi connectivity index (χ0n) is 16.8. The molecule has 1 spiro atoms. The highest BCUT2D eigenvalue weighted by Gasteiger charge is 2.50. The molecule has 0 atom stereocenters. The summed E-state index contributed by atoms with van der Waals surface area (Å²) in [4.78, 5) is 26.2. The molecule has 160 valence electrons. The van der Waals surface area contributed by atoms with Crippen LogP contribution in [0.2, 0.25) is 10.0 Å². The molecule has 2 aliphatic heterocycles. The number of aryl methyl sites for hydroxylation is 1. The average Bonchev–Trinajstić information content (AvgIpc) is 3.26. The van der Waals surface area contributed by atoms with Gasteiger partial charge in [-0.05, 0) is 43.7 Å². The van der Waals surface area contributed by atoms with Gasteiger partial charge >= 0.3 is 0 Å². The van der Waals surface area contributed by atoms with Crippen molar-refractivity contribution < 1.29 is 18.7 Å². The maximum absolute atomic E-state index is 13.0. The molecule has 1 aromatic heterocycles. The smallest absolute Gasteiger partial charge is 0.290 e. The molecule has 31 heavy (non-hydrogen) atoms. The Bertz CT molecular complexity index is 1210. The van der Waals surface area contributed by atoms with Crippen LogP contribution in [0.4, 0.5) is 0 Å². The largest absolute Gasteiger partial charge is 0.489 e. The van der Waals surface area contributed by atoms with E-state index in [0.29, 0.717) is 53.3 Å². The van der Waals surface area contributed by atoms with Gasteiger partial charge in [-0.15, -0.1) is 0 Å². The molecule has 0 bridgehead atoms. The van der Waals surface area contributed by atoms with E-state index in [2.05, 4.69) is 5.32 Å². The van der Waals surface area contributed by atoms with Crippen LogP contribution in [0.1, 0.15) is 34.5 Å². The first-order valence-corrected chi connectivity index (χ1v) is 10.8. The van der Waals surface area contributed by atoms with Gasteiger partial charge in [0.2, 0.25) is 5.91 Å². The zero-order chi connectivity index (χ0) is 21.8. The summed E-state index contributed by atoms with van der Waals surface area (Å²) in [5.41, 5.74) is 1.97. The number of amides is 2. The van der Waals surface area contributed by atoms with Gasteiger partial charge in [-0.2, -0.15) is 0 Å². The first kappa shape index (κ1) is 20.2. The number of halogens is 2. The first-order valence-electron chi connectivity index (χ1n) is 10.0. The summed E-state index contributed by atoms with van der Waals surface area (Å²) in [5, 5.41) is 4.94. The minimum atomic E-state index is -0.253. The van der Waals surface area contributed by atoms with Crippen molar-refractivity contribution in [2.75, 3.05) is 13.1 Å². The highest BCUT2D eigenvalue weighted by Crippen LogP contribution is 2.35. The highest BCUT2D eigenvalue weighted by atomic mass is 35.5. The number of hydrogen-bond donors (Lipinski definition) is 1. The standard InChI is InChI=1S/C23H20Cl2N2O4/c1-13-17-9-16(30-10-14-2-3-15(24)8-18(14)25)4-5-19(17)31-21(13)22(29)27-11-23(12-27)7-6-20(28)26-23/h2-5,8-9H,6-7,10-12H2,1H3,(H,26,28). The number of likely N-dealkylation sites (tertiary alicyclic amines) is 1. The monoisotopic (exact) mass is 458 g/mol. The number of ether oxygens (including phenoxy) is 1. The lowest BCUT2D eigenvalue weighted by Crippen LogP contribution is -2.68. The summed E-state index contributed by atoms with van der Waals surface area (Å²) in [7, 11) is 0. The fourth-order valence-electron chi connectivity index (χ4n) is 4.28. The molecule has 2 aliphatic rings.